The predicted molar refractivity (Wildman–Crippen MR) is 83.4 cm³/mol. The van der Waals surface area contributed by atoms with Crippen molar-refractivity contribution in [3.05, 3.63) is 21.5 Å². The zero-order valence-electron chi connectivity index (χ0n) is 10.9. The van der Waals surface area contributed by atoms with Gasteiger partial charge in [0.25, 0.3) is 0 Å². The third-order valence-corrected chi connectivity index (χ3v) is 4.88. The lowest BCUT2D eigenvalue weighted by Gasteiger charge is -2.16. The number of anilines is 1. The molecule has 5 heteroatoms. The van der Waals surface area contributed by atoms with Crippen LogP contribution in [-0.2, 0) is 6.54 Å². The van der Waals surface area contributed by atoms with Crippen LogP contribution in [0.25, 0.3) is 11.0 Å². The number of nitrogen functional groups attached to an aromatic ring is 1. The Bertz CT molecular complexity index is 631. The first-order chi connectivity index (χ1) is 9.04. The summed E-state index contributed by atoms with van der Waals surface area (Å²) in [5, 5.41) is 0. The zero-order valence-corrected chi connectivity index (χ0v) is 13.1. The van der Waals surface area contributed by atoms with Gasteiger partial charge in [0.15, 0.2) is 0 Å². The fraction of sp³-hybridized carbons (Fsp3) is 0.500. The maximum Gasteiger partial charge on any atom is 0.201 e. The van der Waals surface area contributed by atoms with Crippen LogP contribution in [0.2, 0.25) is 0 Å². The minimum absolute atomic E-state index is 0.199. The fourth-order valence-corrected chi connectivity index (χ4v) is 3.29. The minimum atomic E-state index is -0.199. The van der Waals surface area contributed by atoms with Crippen LogP contribution >= 0.6 is 22.6 Å². The summed E-state index contributed by atoms with van der Waals surface area (Å²) in [4.78, 5) is 4.36. The first-order valence-corrected chi connectivity index (χ1v) is 7.73. The van der Waals surface area contributed by atoms with Crippen molar-refractivity contribution in [2.75, 3.05) is 5.73 Å². The normalized spacial score (nSPS) is 17.0. The summed E-state index contributed by atoms with van der Waals surface area (Å²) in [6.07, 6.45) is 4.87. The summed E-state index contributed by atoms with van der Waals surface area (Å²) in [5.74, 6) is 0.299. The Morgan fingerprint density at radius 1 is 1.47 bits per heavy atom. The number of imidazole rings is 1. The Kier molecular flexibility index (Phi) is 3.19. The minimum Gasteiger partial charge on any atom is -0.369 e. The number of hydrogen-bond donors (Lipinski definition) is 1. The summed E-state index contributed by atoms with van der Waals surface area (Å²) < 4.78 is 16.3. The Morgan fingerprint density at radius 3 is 2.84 bits per heavy atom. The second kappa shape index (κ2) is 4.61. The van der Waals surface area contributed by atoms with Crippen LogP contribution in [0.1, 0.15) is 32.6 Å². The number of aromatic nitrogens is 2. The summed E-state index contributed by atoms with van der Waals surface area (Å²) in [7, 11) is 0. The van der Waals surface area contributed by atoms with Gasteiger partial charge < -0.3 is 10.3 Å². The van der Waals surface area contributed by atoms with E-state index in [1.807, 2.05) is 27.2 Å². The van der Waals surface area contributed by atoms with E-state index in [0.717, 1.165) is 17.6 Å². The van der Waals surface area contributed by atoms with Gasteiger partial charge in [0.2, 0.25) is 5.95 Å². The third-order valence-electron chi connectivity index (χ3n) is 4.05. The Balaban J connectivity index is 2.03. The monoisotopic (exact) mass is 373 g/mol. The molecule has 1 saturated carbocycles. The molecule has 0 atom stereocenters. The van der Waals surface area contributed by atoms with Gasteiger partial charge in [-0.1, -0.05) is 13.3 Å². The molecule has 0 saturated heterocycles. The highest BCUT2D eigenvalue weighted by atomic mass is 127. The highest BCUT2D eigenvalue weighted by Crippen LogP contribution is 2.51. The molecule has 1 heterocycles. The summed E-state index contributed by atoms with van der Waals surface area (Å²) in [6.45, 7) is 3.07. The molecule has 1 aromatic heterocycles. The van der Waals surface area contributed by atoms with Crippen LogP contribution in [0.4, 0.5) is 10.3 Å². The molecule has 3 nitrogen and oxygen atoms in total. The van der Waals surface area contributed by atoms with Crippen LogP contribution in [0.5, 0.6) is 0 Å². The molecule has 102 valence electrons. The number of halogens is 2. The Hall–Kier alpha value is -0.850. The smallest absolute Gasteiger partial charge is 0.201 e. The standard InChI is InChI=1S/C14H17FIN3/c1-2-3-14(4-5-14)8-19-12-6-9(15)10(16)7-11(12)18-13(19)17/h6-7H,2-5,8H2,1H3,(H2,17,18). The molecule has 0 amide bonds. The van der Waals surface area contributed by atoms with Crippen LogP contribution < -0.4 is 5.73 Å². The average Bonchev–Trinajstić information content (AvgIpc) is 3.05. The van der Waals surface area contributed by atoms with Crippen molar-refractivity contribution in [3.8, 4) is 0 Å². The molecule has 0 unspecified atom stereocenters. The maximum atomic E-state index is 13.7. The number of nitrogens with zero attached hydrogens (tertiary/aromatic N) is 2. The van der Waals surface area contributed by atoms with Crippen LogP contribution in [0.15, 0.2) is 12.1 Å². The van der Waals surface area contributed by atoms with Crippen LogP contribution in [-0.4, -0.2) is 9.55 Å². The Morgan fingerprint density at radius 2 is 2.21 bits per heavy atom. The lowest BCUT2D eigenvalue weighted by molar-refractivity contribution is 0.396. The van der Waals surface area contributed by atoms with Crippen molar-refractivity contribution < 1.29 is 4.39 Å². The van der Waals surface area contributed by atoms with Crippen molar-refractivity contribution in [2.45, 2.75) is 39.2 Å². The molecule has 1 aromatic carbocycles. The van der Waals surface area contributed by atoms with E-state index >= 15 is 0 Å². The molecular formula is C14H17FIN3. The van der Waals surface area contributed by atoms with Crippen LogP contribution in [0.3, 0.4) is 0 Å². The first kappa shape index (κ1) is 13.1. The van der Waals surface area contributed by atoms with Crippen molar-refractivity contribution in [3.63, 3.8) is 0 Å². The van der Waals surface area contributed by atoms with E-state index in [1.165, 1.54) is 25.7 Å². The molecule has 0 bridgehead atoms. The van der Waals surface area contributed by atoms with Gasteiger partial charge >= 0.3 is 0 Å². The van der Waals surface area contributed by atoms with Gasteiger partial charge in [-0.25, -0.2) is 9.37 Å². The molecule has 2 aromatic rings. The SMILES string of the molecule is CCCC1(Cn2c(N)nc3cc(I)c(F)cc32)CC1. The van der Waals surface area contributed by atoms with E-state index in [2.05, 4.69) is 11.9 Å². The number of benzene rings is 1. The van der Waals surface area contributed by atoms with E-state index in [1.54, 1.807) is 12.1 Å². The molecule has 0 spiro atoms. The average molecular weight is 373 g/mol. The number of rotatable bonds is 4. The summed E-state index contributed by atoms with van der Waals surface area (Å²) in [6, 6.07) is 3.32. The lowest BCUT2D eigenvalue weighted by atomic mass is 10.0. The molecular weight excluding hydrogens is 356 g/mol. The summed E-state index contributed by atoms with van der Waals surface area (Å²) in [5.41, 5.74) is 7.99. The van der Waals surface area contributed by atoms with E-state index in [-0.39, 0.29) is 5.82 Å². The molecule has 19 heavy (non-hydrogen) atoms. The molecule has 1 aliphatic carbocycles. The molecule has 0 radical (unpaired) electrons. The van der Waals surface area contributed by atoms with Gasteiger partial charge in [-0.3, -0.25) is 0 Å². The predicted octanol–water partition coefficient (Wildman–Crippen LogP) is 3.94. The zero-order chi connectivity index (χ0) is 13.6. The van der Waals surface area contributed by atoms with Gasteiger partial charge in [-0.2, -0.15) is 0 Å². The van der Waals surface area contributed by atoms with Gasteiger partial charge in [0, 0.05) is 12.6 Å². The van der Waals surface area contributed by atoms with Crippen molar-refractivity contribution in [1.29, 1.82) is 0 Å². The quantitative estimate of drug-likeness (QED) is 0.825. The summed E-state index contributed by atoms with van der Waals surface area (Å²) >= 11 is 1.98. The molecule has 1 fully saturated rings. The first-order valence-electron chi connectivity index (χ1n) is 6.65. The van der Waals surface area contributed by atoms with E-state index in [9.17, 15) is 4.39 Å². The largest absolute Gasteiger partial charge is 0.369 e. The molecule has 2 N–H and O–H groups in total. The molecule has 0 aliphatic heterocycles. The topological polar surface area (TPSA) is 43.8 Å². The van der Waals surface area contributed by atoms with Crippen molar-refractivity contribution in [1.82, 2.24) is 9.55 Å². The highest BCUT2D eigenvalue weighted by molar-refractivity contribution is 14.1. The van der Waals surface area contributed by atoms with Gasteiger partial charge in [-0.05, 0) is 53.3 Å². The fourth-order valence-electron chi connectivity index (χ4n) is 2.83. The van der Waals surface area contributed by atoms with E-state index in [0.29, 0.717) is 14.9 Å². The number of nitrogens with two attached hydrogens (primary N) is 1. The van der Waals surface area contributed by atoms with Gasteiger partial charge in [0.1, 0.15) is 5.82 Å². The van der Waals surface area contributed by atoms with Gasteiger partial charge in [-0.15, -0.1) is 0 Å². The van der Waals surface area contributed by atoms with E-state index in [4.69, 9.17) is 5.73 Å². The second-order valence-electron chi connectivity index (χ2n) is 5.56. The maximum absolute atomic E-state index is 13.7. The molecule has 1 aliphatic rings. The third kappa shape index (κ3) is 2.32. The van der Waals surface area contributed by atoms with Gasteiger partial charge in [0.05, 0.1) is 14.6 Å². The molecule has 3 rings (SSSR count). The second-order valence-corrected chi connectivity index (χ2v) is 6.72. The van der Waals surface area contributed by atoms with Crippen molar-refractivity contribution >= 4 is 39.6 Å². The number of hydrogen-bond acceptors (Lipinski definition) is 2. The van der Waals surface area contributed by atoms with Crippen molar-refractivity contribution in [2.24, 2.45) is 5.41 Å². The lowest BCUT2D eigenvalue weighted by Crippen LogP contribution is -2.13. The Labute approximate surface area is 125 Å². The van der Waals surface area contributed by atoms with E-state index < -0.39 is 0 Å². The number of fused-ring (bicyclic) bond motifs is 1. The highest BCUT2D eigenvalue weighted by Gasteiger charge is 2.42. The van der Waals surface area contributed by atoms with Crippen LogP contribution in [0, 0.1) is 14.8 Å².